The van der Waals surface area contributed by atoms with Gasteiger partial charge < -0.3 is 14.5 Å². The molecule has 0 aromatic carbocycles. The highest BCUT2D eigenvalue weighted by molar-refractivity contribution is 5.30. The summed E-state index contributed by atoms with van der Waals surface area (Å²) in [6.45, 7) is 4.19. The topological polar surface area (TPSA) is 34.8 Å². The van der Waals surface area contributed by atoms with Crippen LogP contribution in [0, 0.1) is 0 Å². The fraction of sp³-hybridized carbons (Fsp3) is 0.562. The van der Waals surface area contributed by atoms with Crippen molar-refractivity contribution in [2.24, 2.45) is 7.05 Å². The Morgan fingerprint density at radius 1 is 1.40 bits per heavy atom. The molecule has 4 nitrogen and oxygen atoms in total. The van der Waals surface area contributed by atoms with Crippen LogP contribution < -0.4 is 5.32 Å². The summed E-state index contributed by atoms with van der Waals surface area (Å²) >= 11 is 0. The van der Waals surface area contributed by atoms with Crippen LogP contribution in [0.5, 0.6) is 0 Å². The molecule has 1 N–H and O–H groups in total. The molecule has 2 heterocycles. The number of hydrogen-bond donors (Lipinski definition) is 1. The standard InChI is InChI=1S/C16H24N4/c1-3-7-17-15-6-4-5-13-10-20(11-14(13)15)12-16-18-8-9-19(16)2/h8-11,15,17H,3-7,12H2,1-2H3. The highest BCUT2D eigenvalue weighted by Gasteiger charge is 2.21. The fourth-order valence-electron chi connectivity index (χ4n) is 3.08. The van der Waals surface area contributed by atoms with Gasteiger partial charge in [0.15, 0.2) is 0 Å². The van der Waals surface area contributed by atoms with Gasteiger partial charge in [0.05, 0.1) is 6.54 Å². The molecular formula is C16H24N4. The summed E-state index contributed by atoms with van der Waals surface area (Å²) in [5.41, 5.74) is 3.01. The van der Waals surface area contributed by atoms with E-state index < -0.39 is 0 Å². The van der Waals surface area contributed by atoms with Gasteiger partial charge >= 0.3 is 0 Å². The van der Waals surface area contributed by atoms with E-state index in [2.05, 4.69) is 45.8 Å². The van der Waals surface area contributed by atoms with E-state index in [1.54, 1.807) is 0 Å². The second kappa shape index (κ2) is 5.83. The number of aromatic nitrogens is 3. The molecule has 4 heteroatoms. The molecular weight excluding hydrogens is 248 g/mol. The smallest absolute Gasteiger partial charge is 0.128 e. The highest BCUT2D eigenvalue weighted by Crippen LogP contribution is 2.30. The van der Waals surface area contributed by atoms with Crippen molar-refractivity contribution >= 4 is 0 Å². The van der Waals surface area contributed by atoms with E-state index in [-0.39, 0.29) is 0 Å². The van der Waals surface area contributed by atoms with Crippen molar-refractivity contribution in [3.05, 3.63) is 41.7 Å². The predicted molar refractivity (Wildman–Crippen MR) is 80.7 cm³/mol. The van der Waals surface area contributed by atoms with Gasteiger partial charge in [0, 0.05) is 37.9 Å². The van der Waals surface area contributed by atoms with E-state index in [1.807, 2.05) is 12.4 Å². The second-order valence-electron chi connectivity index (χ2n) is 5.76. The molecule has 3 rings (SSSR count). The van der Waals surface area contributed by atoms with Crippen LogP contribution in [0.25, 0.3) is 0 Å². The average Bonchev–Trinajstić information content (AvgIpc) is 3.03. The molecule has 20 heavy (non-hydrogen) atoms. The lowest BCUT2D eigenvalue weighted by atomic mass is 9.91. The fourth-order valence-corrected chi connectivity index (χ4v) is 3.08. The van der Waals surface area contributed by atoms with Gasteiger partial charge in [0.1, 0.15) is 5.82 Å². The van der Waals surface area contributed by atoms with Crippen LogP contribution in [0.4, 0.5) is 0 Å². The van der Waals surface area contributed by atoms with Gasteiger partial charge in [-0.2, -0.15) is 0 Å². The SMILES string of the molecule is CCCNC1CCCc2cn(Cc3nccn3C)cc21. The number of aryl methyl sites for hydroxylation is 2. The Bertz CT molecular complexity index is 567. The van der Waals surface area contributed by atoms with Crippen molar-refractivity contribution in [3.8, 4) is 0 Å². The van der Waals surface area contributed by atoms with E-state index in [1.165, 1.54) is 36.8 Å². The minimum absolute atomic E-state index is 0.543. The van der Waals surface area contributed by atoms with Crippen molar-refractivity contribution in [3.63, 3.8) is 0 Å². The Labute approximate surface area is 120 Å². The van der Waals surface area contributed by atoms with Gasteiger partial charge in [-0.15, -0.1) is 0 Å². The normalized spacial score (nSPS) is 18.2. The molecule has 1 atom stereocenters. The van der Waals surface area contributed by atoms with Crippen LogP contribution in [0.1, 0.15) is 49.2 Å². The quantitative estimate of drug-likeness (QED) is 0.908. The van der Waals surface area contributed by atoms with Crippen LogP contribution >= 0.6 is 0 Å². The molecule has 2 aromatic heterocycles. The molecule has 0 aliphatic heterocycles. The molecule has 1 aliphatic carbocycles. The second-order valence-corrected chi connectivity index (χ2v) is 5.76. The van der Waals surface area contributed by atoms with Crippen molar-refractivity contribution in [2.75, 3.05) is 6.54 Å². The zero-order valence-electron chi connectivity index (χ0n) is 12.5. The summed E-state index contributed by atoms with van der Waals surface area (Å²) in [6, 6.07) is 0.543. The summed E-state index contributed by atoms with van der Waals surface area (Å²) in [7, 11) is 2.05. The van der Waals surface area contributed by atoms with Crippen molar-refractivity contribution < 1.29 is 0 Å². The first kappa shape index (κ1) is 13.4. The van der Waals surface area contributed by atoms with Crippen LogP contribution in [0.15, 0.2) is 24.8 Å². The maximum absolute atomic E-state index is 4.41. The Morgan fingerprint density at radius 2 is 2.30 bits per heavy atom. The minimum Gasteiger partial charge on any atom is -0.346 e. The van der Waals surface area contributed by atoms with E-state index in [0.29, 0.717) is 6.04 Å². The summed E-state index contributed by atoms with van der Waals surface area (Å²) in [5.74, 6) is 1.11. The summed E-state index contributed by atoms with van der Waals surface area (Å²) < 4.78 is 4.38. The zero-order valence-corrected chi connectivity index (χ0v) is 12.5. The molecule has 0 amide bonds. The average molecular weight is 272 g/mol. The molecule has 0 saturated heterocycles. The lowest BCUT2D eigenvalue weighted by molar-refractivity contribution is 0.462. The number of hydrogen-bond acceptors (Lipinski definition) is 2. The first-order valence-electron chi connectivity index (χ1n) is 7.66. The number of rotatable bonds is 5. The molecule has 108 valence electrons. The third-order valence-electron chi connectivity index (χ3n) is 4.20. The molecule has 0 fully saturated rings. The van der Waals surface area contributed by atoms with Gasteiger partial charge in [-0.05, 0) is 43.4 Å². The van der Waals surface area contributed by atoms with Gasteiger partial charge in [-0.25, -0.2) is 4.98 Å². The Morgan fingerprint density at radius 3 is 3.05 bits per heavy atom. The lowest BCUT2D eigenvalue weighted by Crippen LogP contribution is -2.24. The molecule has 0 radical (unpaired) electrons. The van der Waals surface area contributed by atoms with Gasteiger partial charge in [0.2, 0.25) is 0 Å². The van der Waals surface area contributed by atoms with Gasteiger partial charge in [0.25, 0.3) is 0 Å². The van der Waals surface area contributed by atoms with Crippen molar-refractivity contribution in [1.29, 1.82) is 0 Å². The predicted octanol–water partition coefficient (Wildman–Crippen LogP) is 2.65. The van der Waals surface area contributed by atoms with E-state index >= 15 is 0 Å². The Balaban J connectivity index is 1.78. The number of nitrogens with zero attached hydrogens (tertiary/aromatic N) is 3. The van der Waals surface area contributed by atoms with Crippen LogP contribution in [-0.2, 0) is 20.0 Å². The number of imidazole rings is 1. The molecule has 2 aromatic rings. The molecule has 0 spiro atoms. The first-order valence-corrected chi connectivity index (χ1v) is 7.66. The van der Waals surface area contributed by atoms with Crippen LogP contribution in [-0.4, -0.2) is 20.7 Å². The third kappa shape index (κ3) is 2.66. The maximum atomic E-state index is 4.41. The zero-order chi connectivity index (χ0) is 13.9. The largest absolute Gasteiger partial charge is 0.346 e. The highest BCUT2D eigenvalue weighted by atomic mass is 15.1. The van der Waals surface area contributed by atoms with Gasteiger partial charge in [-0.1, -0.05) is 6.92 Å². The lowest BCUT2D eigenvalue weighted by Gasteiger charge is -2.23. The van der Waals surface area contributed by atoms with E-state index in [4.69, 9.17) is 0 Å². The molecule has 0 bridgehead atoms. The maximum Gasteiger partial charge on any atom is 0.128 e. The molecule has 1 unspecified atom stereocenters. The molecule has 0 saturated carbocycles. The summed E-state index contributed by atoms with van der Waals surface area (Å²) in [5, 5.41) is 3.68. The summed E-state index contributed by atoms with van der Waals surface area (Å²) in [4.78, 5) is 4.41. The van der Waals surface area contributed by atoms with Crippen LogP contribution in [0.3, 0.4) is 0 Å². The van der Waals surface area contributed by atoms with Crippen molar-refractivity contribution in [1.82, 2.24) is 19.4 Å². The first-order chi connectivity index (χ1) is 9.78. The Hall–Kier alpha value is -1.55. The molecule has 1 aliphatic rings. The third-order valence-corrected chi connectivity index (χ3v) is 4.20. The summed E-state index contributed by atoms with van der Waals surface area (Å²) in [6.07, 6.45) is 13.5. The van der Waals surface area contributed by atoms with E-state index in [0.717, 1.165) is 18.9 Å². The number of fused-ring (bicyclic) bond motifs is 1. The van der Waals surface area contributed by atoms with E-state index in [9.17, 15) is 0 Å². The minimum atomic E-state index is 0.543. The number of nitrogens with one attached hydrogen (secondary N) is 1. The van der Waals surface area contributed by atoms with Crippen molar-refractivity contribution in [2.45, 2.75) is 45.2 Å². The Kier molecular flexibility index (Phi) is 3.92. The van der Waals surface area contributed by atoms with Gasteiger partial charge in [-0.3, -0.25) is 0 Å². The van der Waals surface area contributed by atoms with Crippen LogP contribution in [0.2, 0.25) is 0 Å². The monoisotopic (exact) mass is 272 g/mol.